The summed E-state index contributed by atoms with van der Waals surface area (Å²) in [5.41, 5.74) is 0.636. The molecule has 2 heteroatoms. The zero-order valence-electron chi connectivity index (χ0n) is 10.8. The van der Waals surface area contributed by atoms with E-state index in [2.05, 4.69) is 31.3 Å². The minimum Gasteiger partial charge on any atom is -0.388 e. The summed E-state index contributed by atoms with van der Waals surface area (Å²) in [6.07, 6.45) is 4.10. The summed E-state index contributed by atoms with van der Waals surface area (Å²) in [5.74, 6) is 0. The first-order chi connectivity index (χ1) is 8.12. The fourth-order valence-electron chi connectivity index (χ4n) is 2.82. The van der Waals surface area contributed by atoms with E-state index < -0.39 is 5.60 Å². The van der Waals surface area contributed by atoms with Crippen molar-refractivity contribution in [1.82, 2.24) is 5.32 Å². The summed E-state index contributed by atoms with van der Waals surface area (Å²) in [7, 11) is 0. The van der Waals surface area contributed by atoms with Gasteiger partial charge in [-0.15, -0.1) is 0 Å². The summed E-state index contributed by atoms with van der Waals surface area (Å²) in [4.78, 5) is 0. The first-order valence-corrected chi connectivity index (χ1v) is 6.65. The molecule has 1 unspecified atom stereocenters. The third-order valence-electron chi connectivity index (χ3n) is 3.64. The maximum absolute atomic E-state index is 10.8. The molecule has 0 aliphatic heterocycles. The van der Waals surface area contributed by atoms with Crippen LogP contribution >= 0.6 is 0 Å². The second-order valence-electron chi connectivity index (χ2n) is 5.48. The maximum atomic E-state index is 10.8. The van der Waals surface area contributed by atoms with Gasteiger partial charge in [0, 0.05) is 6.04 Å². The van der Waals surface area contributed by atoms with Gasteiger partial charge in [0.25, 0.3) is 0 Å². The van der Waals surface area contributed by atoms with Crippen LogP contribution in [0, 0.1) is 0 Å². The summed E-state index contributed by atoms with van der Waals surface area (Å²) < 4.78 is 0. The summed E-state index contributed by atoms with van der Waals surface area (Å²) in [6.45, 7) is 4.27. The minimum atomic E-state index is -0.564. The van der Waals surface area contributed by atoms with Crippen LogP contribution in [0.4, 0.5) is 0 Å². The van der Waals surface area contributed by atoms with E-state index in [0.29, 0.717) is 6.04 Å². The highest BCUT2D eigenvalue weighted by molar-refractivity contribution is 5.23. The van der Waals surface area contributed by atoms with E-state index in [4.69, 9.17) is 0 Å². The molecule has 94 valence electrons. The van der Waals surface area contributed by atoms with Crippen molar-refractivity contribution in [2.75, 3.05) is 0 Å². The van der Waals surface area contributed by atoms with Gasteiger partial charge in [0.15, 0.2) is 0 Å². The smallest absolute Gasteiger partial charge is 0.0841 e. The number of nitrogens with one attached hydrogen (secondary N) is 1. The first-order valence-electron chi connectivity index (χ1n) is 6.65. The van der Waals surface area contributed by atoms with Crippen molar-refractivity contribution in [3.63, 3.8) is 0 Å². The van der Waals surface area contributed by atoms with Gasteiger partial charge in [0.1, 0.15) is 0 Å². The Balaban J connectivity index is 2.25. The Bertz CT molecular complexity index is 341. The normalized spacial score (nSPS) is 20.7. The van der Waals surface area contributed by atoms with E-state index in [1.165, 1.54) is 5.56 Å². The fourth-order valence-corrected chi connectivity index (χ4v) is 2.82. The zero-order chi connectivity index (χ0) is 12.3. The van der Waals surface area contributed by atoms with Gasteiger partial charge in [-0.05, 0) is 18.4 Å². The van der Waals surface area contributed by atoms with Gasteiger partial charge in [0.05, 0.1) is 11.6 Å². The van der Waals surface area contributed by atoms with Crippen molar-refractivity contribution in [2.24, 2.45) is 0 Å². The maximum Gasteiger partial charge on any atom is 0.0841 e. The topological polar surface area (TPSA) is 32.3 Å². The Morgan fingerprint density at radius 3 is 2.24 bits per heavy atom. The van der Waals surface area contributed by atoms with Gasteiger partial charge in [0.2, 0.25) is 0 Å². The molecule has 0 saturated heterocycles. The van der Waals surface area contributed by atoms with Gasteiger partial charge in [-0.2, -0.15) is 0 Å². The number of hydrogen-bond donors (Lipinski definition) is 2. The van der Waals surface area contributed by atoms with Crippen LogP contribution in [0.15, 0.2) is 30.3 Å². The number of aliphatic hydroxyl groups is 1. The van der Waals surface area contributed by atoms with Gasteiger partial charge < -0.3 is 10.4 Å². The lowest BCUT2D eigenvalue weighted by Crippen LogP contribution is -2.44. The van der Waals surface area contributed by atoms with Crippen molar-refractivity contribution in [1.29, 1.82) is 0 Å². The fraction of sp³-hybridized carbons (Fsp3) is 0.600. The molecule has 0 aromatic heterocycles. The molecule has 1 aromatic carbocycles. The molecule has 1 atom stereocenters. The molecule has 2 nitrogen and oxygen atoms in total. The third kappa shape index (κ3) is 2.88. The highest BCUT2D eigenvalue weighted by Gasteiger charge is 2.40. The SMILES string of the molecule is CC(C)NC(c1ccccc1)C1(O)CCCC1. The lowest BCUT2D eigenvalue weighted by molar-refractivity contribution is 0.00413. The lowest BCUT2D eigenvalue weighted by Gasteiger charge is -2.35. The van der Waals surface area contributed by atoms with Crippen molar-refractivity contribution >= 4 is 0 Å². The summed E-state index contributed by atoms with van der Waals surface area (Å²) in [6, 6.07) is 10.8. The number of rotatable bonds is 4. The van der Waals surface area contributed by atoms with E-state index in [1.807, 2.05) is 18.2 Å². The van der Waals surface area contributed by atoms with Crippen molar-refractivity contribution in [3.8, 4) is 0 Å². The molecule has 0 heterocycles. The monoisotopic (exact) mass is 233 g/mol. The van der Waals surface area contributed by atoms with Crippen LogP contribution < -0.4 is 5.32 Å². The average molecular weight is 233 g/mol. The van der Waals surface area contributed by atoms with E-state index >= 15 is 0 Å². The van der Waals surface area contributed by atoms with Gasteiger partial charge in [-0.1, -0.05) is 57.0 Å². The second-order valence-corrected chi connectivity index (χ2v) is 5.48. The molecule has 1 fully saturated rings. The average Bonchev–Trinajstić information content (AvgIpc) is 2.75. The molecule has 17 heavy (non-hydrogen) atoms. The molecular weight excluding hydrogens is 210 g/mol. The predicted molar refractivity (Wildman–Crippen MR) is 70.9 cm³/mol. The molecule has 1 aliphatic rings. The minimum absolute atomic E-state index is 0.0613. The molecule has 2 N–H and O–H groups in total. The van der Waals surface area contributed by atoms with Crippen molar-refractivity contribution in [2.45, 2.75) is 57.2 Å². The van der Waals surface area contributed by atoms with Crippen molar-refractivity contribution < 1.29 is 5.11 Å². The second kappa shape index (κ2) is 5.19. The molecule has 2 rings (SSSR count). The van der Waals surface area contributed by atoms with Crippen LogP contribution in [-0.2, 0) is 0 Å². The Kier molecular flexibility index (Phi) is 3.85. The molecule has 0 spiro atoms. The Labute approximate surface area is 104 Å². The lowest BCUT2D eigenvalue weighted by atomic mass is 9.86. The molecule has 0 amide bonds. The summed E-state index contributed by atoms with van der Waals surface area (Å²) >= 11 is 0. The Hall–Kier alpha value is -0.860. The summed E-state index contributed by atoms with van der Waals surface area (Å²) in [5, 5.41) is 14.3. The van der Waals surface area contributed by atoms with Gasteiger partial charge in [-0.3, -0.25) is 0 Å². The van der Waals surface area contributed by atoms with Crippen LogP contribution in [0.1, 0.15) is 51.1 Å². The van der Waals surface area contributed by atoms with Crippen LogP contribution in [0.25, 0.3) is 0 Å². The Morgan fingerprint density at radius 1 is 1.12 bits per heavy atom. The first kappa shape index (κ1) is 12.6. The van der Waals surface area contributed by atoms with E-state index in [-0.39, 0.29) is 6.04 Å². The van der Waals surface area contributed by atoms with E-state index in [9.17, 15) is 5.11 Å². The van der Waals surface area contributed by atoms with Crippen LogP contribution in [0.3, 0.4) is 0 Å². The molecule has 1 saturated carbocycles. The quantitative estimate of drug-likeness (QED) is 0.838. The largest absolute Gasteiger partial charge is 0.388 e. The molecule has 0 radical (unpaired) electrons. The highest BCUT2D eigenvalue weighted by Crippen LogP contribution is 2.39. The predicted octanol–water partition coefficient (Wildman–Crippen LogP) is 3.03. The molecule has 1 aromatic rings. The standard InChI is InChI=1S/C15H23NO/c1-12(2)16-14(13-8-4-3-5-9-13)15(17)10-6-7-11-15/h3-5,8-9,12,14,16-17H,6-7,10-11H2,1-2H3. The molecule has 1 aliphatic carbocycles. The highest BCUT2D eigenvalue weighted by atomic mass is 16.3. The molecule has 0 bridgehead atoms. The molecular formula is C15H23NO. The van der Waals surface area contributed by atoms with Crippen LogP contribution in [0.5, 0.6) is 0 Å². The van der Waals surface area contributed by atoms with E-state index in [0.717, 1.165) is 25.7 Å². The third-order valence-corrected chi connectivity index (χ3v) is 3.64. The van der Waals surface area contributed by atoms with Crippen LogP contribution in [0.2, 0.25) is 0 Å². The zero-order valence-corrected chi connectivity index (χ0v) is 10.8. The van der Waals surface area contributed by atoms with Gasteiger partial charge in [-0.25, -0.2) is 0 Å². The Morgan fingerprint density at radius 2 is 1.71 bits per heavy atom. The number of hydrogen-bond acceptors (Lipinski definition) is 2. The van der Waals surface area contributed by atoms with Crippen LogP contribution in [-0.4, -0.2) is 16.7 Å². The number of benzene rings is 1. The van der Waals surface area contributed by atoms with E-state index in [1.54, 1.807) is 0 Å². The van der Waals surface area contributed by atoms with Gasteiger partial charge >= 0.3 is 0 Å². The van der Waals surface area contributed by atoms with Crippen molar-refractivity contribution in [3.05, 3.63) is 35.9 Å².